The first kappa shape index (κ1) is 11.4. The fourth-order valence-electron chi connectivity index (χ4n) is 2.15. The smallest absolute Gasteiger partial charge is 0.128 e. The third-order valence-corrected chi connectivity index (χ3v) is 3.57. The second-order valence-corrected chi connectivity index (χ2v) is 4.99. The molecule has 0 aromatic carbocycles. The monoisotopic (exact) mass is 220 g/mol. The molecular formula is C13H20N2O. The Kier molecular flexibility index (Phi) is 3.15. The second-order valence-electron chi connectivity index (χ2n) is 4.99. The van der Waals surface area contributed by atoms with Gasteiger partial charge in [-0.15, -0.1) is 0 Å². The summed E-state index contributed by atoms with van der Waals surface area (Å²) in [5, 5.41) is 9.41. The summed E-state index contributed by atoms with van der Waals surface area (Å²) < 4.78 is 0. The van der Waals surface area contributed by atoms with Crippen LogP contribution in [0.15, 0.2) is 18.3 Å². The van der Waals surface area contributed by atoms with Crippen LogP contribution >= 0.6 is 0 Å². The van der Waals surface area contributed by atoms with Crippen LogP contribution in [0.2, 0.25) is 0 Å². The Hall–Kier alpha value is -1.09. The van der Waals surface area contributed by atoms with E-state index in [1.165, 1.54) is 0 Å². The first-order valence-corrected chi connectivity index (χ1v) is 5.97. The molecule has 88 valence electrons. The van der Waals surface area contributed by atoms with E-state index in [1.54, 1.807) is 13.1 Å². The molecule has 2 rings (SSSR count). The lowest BCUT2D eigenvalue weighted by Gasteiger charge is -2.17. The Morgan fingerprint density at radius 3 is 2.38 bits per heavy atom. The molecule has 1 aliphatic rings. The third-order valence-electron chi connectivity index (χ3n) is 3.57. The minimum absolute atomic E-state index is 0.432. The zero-order chi connectivity index (χ0) is 11.7. The summed E-state index contributed by atoms with van der Waals surface area (Å²) in [6.45, 7) is 8.50. The van der Waals surface area contributed by atoms with Crippen LogP contribution < -0.4 is 4.90 Å². The number of hydrogen-bond donors (Lipinski definition) is 1. The summed E-state index contributed by atoms with van der Waals surface area (Å²) in [4.78, 5) is 6.74. The molecule has 3 unspecified atom stereocenters. The van der Waals surface area contributed by atoms with E-state index in [-0.39, 0.29) is 0 Å². The molecule has 0 radical (unpaired) electrons. The van der Waals surface area contributed by atoms with E-state index in [0.29, 0.717) is 0 Å². The highest BCUT2D eigenvalue weighted by Gasteiger charge is 2.26. The molecule has 1 aromatic heterocycles. The average Bonchev–Trinajstić information content (AvgIpc) is 2.59. The van der Waals surface area contributed by atoms with Crippen LogP contribution in [0.1, 0.15) is 32.4 Å². The largest absolute Gasteiger partial charge is 0.389 e. The standard InChI is InChI=1S/C13H20N2O/c1-9-7-15(8-10(9)2)13-5-4-12(6-14-13)11(3)16/h4-6,9-11,16H,7-8H2,1-3H3. The summed E-state index contributed by atoms with van der Waals surface area (Å²) in [7, 11) is 0. The maximum absolute atomic E-state index is 9.41. The Bertz CT molecular complexity index is 337. The van der Waals surface area contributed by atoms with Crippen molar-refractivity contribution < 1.29 is 5.11 Å². The van der Waals surface area contributed by atoms with E-state index in [2.05, 4.69) is 23.7 Å². The van der Waals surface area contributed by atoms with Gasteiger partial charge in [0.05, 0.1) is 6.10 Å². The lowest BCUT2D eigenvalue weighted by molar-refractivity contribution is 0.199. The summed E-state index contributed by atoms with van der Waals surface area (Å²) in [6.07, 6.45) is 1.34. The highest BCUT2D eigenvalue weighted by atomic mass is 16.3. The van der Waals surface area contributed by atoms with E-state index in [9.17, 15) is 5.11 Å². The summed E-state index contributed by atoms with van der Waals surface area (Å²) in [5.74, 6) is 2.50. The molecule has 0 amide bonds. The number of anilines is 1. The van der Waals surface area contributed by atoms with Crippen molar-refractivity contribution in [3.05, 3.63) is 23.9 Å². The zero-order valence-electron chi connectivity index (χ0n) is 10.2. The zero-order valence-corrected chi connectivity index (χ0v) is 10.2. The maximum Gasteiger partial charge on any atom is 0.128 e. The fourth-order valence-corrected chi connectivity index (χ4v) is 2.15. The molecule has 0 aliphatic carbocycles. The van der Waals surface area contributed by atoms with E-state index in [4.69, 9.17) is 0 Å². The van der Waals surface area contributed by atoms with Gasteiger partial charge in [-0.25, -0.2) is 4.98 Å². The molecule has 0 spiro atoms. The molecule has 0 bridgehead atoms. The first-order chi connectivity index (χ1) is 7.58. The lowest BCUT2D eigenvalue weighted by Crippen LogP contribution is -2.20. The number of aromatic nitrogens is 1. The molecule has 3 heteroatoms. The van der Waals surface area contributed by atoms with E-state index >= 15 is 0 Å². The topological polar surface area (TPSA) is 36.4 Å². The van der Waals surface area contributed by atoms with Crippen LogP contribution in [0.4, 0.5) is 5.82 Å². The van der Waals surface area contributed by atoms with Gasteiger partial charge in [-0.2, -0.15) is 0 Å². The van der Waals surface area contributed by atoms with Gasteiger partial charge in [-0.1, -0.05) is 19.9 Å². The average molecular weight is 220 g/mol. The predicted molar refractivity (Wildman–Crippen MR) is 65.4 cm³/mol. The Labute approximate surface area is 97.1 Å². The number of aliphatic hydroxyl groups is 1. The number of rotatable bonds is 2. The predicted octanol–water partition coefficient (Wildman–Crippen LogP) is 2.23. The molecule has 1 aliphatic heterocycles. The normalized spacial score (nSPS) is 27.1. The van der Waals surface area contributed by atoms with E-state index < -0.39 is 6.10 Å². The molecule has 2 heterocycles. The quantitative estimate of drug-likeness (QED) is 0.830. The lowest BCUT2D eigenvalue weighted by atomic mass is 10.0. The van der Waals surface area contributed by atoms with Crippen molar-refractivity contribution in [2.45, 2.75) is 26.9 Å². The van der Waals surface area contributed by atoms with Gasteiger partial charge >= 0.3 is 0 Å². The van der Waals surface area contributed by atoms with Crippen molar-refractivity contribution in [2.24, 2.45) is 11.8 Å². The van der Waals surface area contributed by atoms with Gasteiger partial charge in [0.1, 0.15) is 5.82 Å². The molecule has 1 aromatic rings. The Morgan fingerprint density at radius 1 is 1.31 bits per heavy atom. The van der Waals surface area contributed by atoms with Crippen LogP contribution in [-0.2, 0) is 0 Å². The highest BCUT2D eigenvalue weighted by molar-refractivity contribution is 5.41. The van der Waals surface area contributed by atoms with Gasteiger partial charge in [-0.05, 0) is 30.4 Å². The summed E-state index contributed by atoms with van der Waals surface area (Å²) >= 11 is 0. The summed E-state index contributed by atoms with van der Waals surface area (Å²) in [5.41, 5.74) is 0.879. The van der Waals surface area contributed by atoms with Gasteiger partial charge in [-0.3, -0.25) is 0 Å². The van der Waals surface area contributed by atoms with Crippen molar-refractivity contribution in [1.82, 2.24) is 4.98 Å². The molecule has 1 saturated heterocycles. The number of pyridine rings is 1. The fraction of sp³-hybridized carbons (Fsp3) is 0.615. The molecule has 3 atom stereocenters. The number of hydrogen-bond acceptors (Lipinski definition) is 3. The highest BCUT2D eigenvalue weighted by Crippen LogP contribution is 2.26. The van der Waals surface area contributed by atoms with Crippen molar-refractivity contribution >= 4 is 5.82 Å². The van der Waals surface area contributed by atoms with Crippen LogP contribution in [0.3, 0.4) is 0 Å². The van der Waals surface area contributed by atoms with E-state index in [0.717, 1.165) is 36.3 Å². The van der Waals surface area contributed by atoms with Crippen molar-refractivity contribution in [2.75, 3.05) is 18.0 Å². The van der Waals surface area contributed by atoms with Crippen molar-refractivity contribution in [3.63, 3.8) is 0 Å². The van der Waals surface area contributed by atoms with Crippen molar-refractivity contribution in [1.29, 1.82) is 0 Å². The molecule has 16 heavy (non-hydrogen) atoms. The molecular weight excluding hydrogens is 200 g/mol. The van der Waals surface area contributed by atoms with Gasteiger partial charge < -0.3 is 10.0 Å². The van der Waals surface area contributed by atoms with Gasteiger partial charge in [0.15, 0.2) is 0 Å². The van der Waals surface area contributed by atoms with E-state index in [1.807, 2.05) is 12.1 Å². The van der Waals surface area contributed by atoms with Gasteiger partial charge in [0.25, 0.3) is 0 Å². The molecule has 1 fully saturated rings. The van der Waals surface area contributed by atoms with Crippen LogP contribution in [-0.4, -0.2) is 23.2 Å². The minimum Gasteiger partial charge on any atom is -0.389 e. The molecule has 3 nitrogen and oxygen atoms in total. The number of nitrogens with zero attached hydrogens (tertiary/aromatic N) is 2. The number of aliphatic hydroxyl groups excluding tert-OH is 1. The Morgan fingerprint density at radius 2 is 1.94 bits per heavy atom. The minimum atomic E-state index is -0.432. The van der Waals surface area contributed by atoms with Gasteiger partial charge in [0, 0.05) is 19.3 Å². The molecule has 0 saturated carbocycles. The van der Waals surface area contributed by atoms with Crippen LogP contribution in [0.25, 0.3) is 0 Å². The van der Waals surface area contributed by atoms with Gasteiger partial charge in [0.2, 0.25) is 0 Å². The molecule has 1 N–H and O–H groups in total. The Balaban J connectivity index is 2.11. The maximum atomic E-state index is 9.41. The third kappa shape index (κ3) is 2.19. The second kappa shape index (κ2) is 4.42. The first-order valence-electron chi connectivity index (χ1n) is 5.97. The summed E-state index contributed by atoms with van der Waals surface area (Å²) in [6, 6.07) is 3.97. The van der Waals surface area contributed by atoms with Crippen LogP contribution in [0, 0.1) is 11.8 Å². The van der Waals surface area contributed by atoms with Crippen LogP contribution in [0.5, 0.6) is 0 Å². The SMILES string of the molecule is CC(O)c1ccc(N2CC(C)C(C)C2)nc1. The van der Waals surface area contributed by atoms with Crippen molar-refractivity contribution in [3.8, 4) is 0 Å².